The third-order valence-electron chi connectivity index (χ3n) is 9.10. The average molecular weight is 630 g/mol. The number of nitrogens with one attached hydrogen (secondary N) is 2. The van der Waals surface area contributed by atoms with Crippen LogP contribution in [0.3, 0.4) is 0 Å². The summed E-state index contributed by atoms with van der Waals surface area (Å²) in [4.78, 5) is 1.94. The molecule has 1 saturated heterocycles. The largest absolute Gasteiger partial charge is 0.406 e. The second kappa shape index (κ2) is 12.2. The SMILES string of the molecule is C=C(NCc1nnc(-c2cc3c(NC4CCN(C)CC4F)cccc3n2CC(F)(F)F)s1)c1ccn(C2(C)CCCCC2)c1. The van der Waals surface area contributed by atoms with E-state index in [1.807, 2.05) is 11.9 Å². The molecule has 1 aromatic carbocycles. The molecule has 4 aromatic rings. The smallest absolute Gasteiger partial charge is 0.379 e. The quantitative estimate of drug-likeness (QED) is 0.189. The molecule has 6 rings (SSSR count). The fourth-order valence-electron chi connectivity index (χ4n) is 6.55. The Balaban J connectivity index is 1.21. The molecule has 236 valence electrons. The summed E-state index contributed by atoms with van der Waals surface area (Å²) in [6.07, 6.45) is 5.39. The molecule has 0 bridgehead atoms. The summed E-state index contributed by atoms with van der Waals surface area (Å²) in [6, 6.07) is 8.49. The van der Waals surface area contributed by atoms with Gasteiger partial charge in [-0.25, -0.2) is 4.39 Å². The number of anilines is 1. The molecule has 44 heavy (non-hydrogen) atoms. The standard InChI is InChI=1S/C32H39F4N7S/c1-21(22-10-15-42(18-22)31(2)12-5-4-6-13-31)37-17-29-39-40-30(44-29)28-16-23-25(38-26-11-14-41(3)19-24(26)33)8-7-9-27(23)43(28)20-32(34,35)36/h7-10,15-16,18,24,26,37-38H,1,4-6,11-14,17,19-20H2,2-3H3. The molecule has 1 aliphatic heterocycles. The van der Waals surface area contributed by atoms with Crippen LogP contribution in [0.5, 0.6) is 0 Å². The van der Waals surface area contributed by atoms with Crippen LogP contribution in [0.1, 0.15) is 56.0 Å². The van der Waals surface area contributed by atoms with Crippen molar-refractivity contribution < 1.29 is 17.6 Å². The first kappa shape index (κ1) is 30.6. The number of halogens is 4. The monoisotopic (exact) mass is 629 g/mol. The Morgan fingerprint density at radius 3 is 2.70 bits per heavy atom. The Labute approximate surface area is 259 Å². The van der Waals surface area contributed by atoms with E-state index in [0.717, 1.165) is 30.6 Å². The molecule has 2 atom stereocenters. The fraction of sp³-hybridized carbons (Fsp3) is 0.500. The summed E-state index contributed by atoms with van der Waals surface area (Å²) in [6.45, 7) is 6.74. The lowest BCUT2D eigenvalue weighted by atomic mass is 9.83. The third-order valence-corrected chi connectivity index (χ3v) is 10.0. The zero-order valence-corrected chi connectivity index (χ0v) is 25.9. The van der Waals surface area contributed by atoms with E-state index in [1.165, 1.54) is 35.2 Å². The van der Waals surface area contributed by atoms with Gasteiger partial charge < -0.3 is 24.7 Å². The zero-order valence-electron chi connectivity index (χ0n) is 25.1. The van der Waals surface area contributed by atoms with E-state index in [9.17, 15) is 17.6 Å². The lowest BCUT2D eigenvalue weighted by Gasteiger charge is -2.35. The fourth-order valence-corrected chi connectivity index (χ4v) is 7.36. The van der Waals surface area contributed by atoms with Crippen molar-refractivity contribution in [2.75, 3.05) is 25.5 Å². The maximum absolute atomic E-state index is 14.8. The van der Waals surface area contributed by atoms with Crippen LogP contribution < -0.4 is 10.6 Å². The molecule has 2 aliphatic rings. The molecule has 4 heterocycles. The van der Waals surface area contributed by atoms with Crippen LogP contribution in [-0.4, -0.2) is 62.8 Å². The predicted octanol–water partition coefficient (Wildman–Crippen LogP) is 7.42. The molecule has 1 aliphatic carbocycles. The highest BCUT2D eigenvalue weighted by Gasteiger charge is 2.32. The molecule has 7 nitrogen and oxygen atoms in total. The number of piperidine rings is 1. The first-order chi connectivity index (χ1) is 21.0. The van der Waals surface area contributed by atoms with Crippen molar-refractivity contribution in [1.29, 1.82) is 0 Å². The summed E-state index contributed by atoms with van der Waals surface area (Å²) in [5, 5.41) is 16.8. The van der Waals surface area contributed by atoms with Crippen LogP contribution in [0.4, 0.5) is 23.2 Å². The van der Waals surface area contributed by atoms with E-state index in [2.05, 4.69) is 57.4 Å². The number of aromatic nitrogens is 4. The van der Waals surface area contributed by atoms with Gasteiger partial charge in [-0.15, -0.1) is 10.2 Å². The number of rotatable bonds is 9. The Kier molecular flexibility index (Phi) is 8.49. The van der Waals surface area contributed by atoms with E-state index in [-0.39, 0.29) is 5.54 Å². The minimum atomic E-state index is -4.44. The normalized spacial score (nSPS) is 21.0. The molecule has 0 spiro atoms. The molecule has 1 saturated carbocycles. The highest BCUT2D eigenvalue weighted by Crippen LogP contribution is 2.38. The van der Waals surface area contributed by atoms with Gasteiger partial charge in [0.15, 0.2) is 5.01 Å². The van der Waals surface area contributed by atoms with Crippen LogP contribution >= 0.6 is 11.3 Å². The summed E-state index contributed by atoms with van der Waals surface area (Å²) >= 11 is 1.24. The topological polar surface area (TPSA) is 62.9 Å². The maximum atomic E-state index is 14.8. The van der Waals surface area contributed by atoms with Crippen molar-refractivity contribution in [3.05, 3.63) is 59.9 Å². The van der Waals surface area contributed by atoms with Crippen molar-refractivity contribution in [2.45, 2.75) is 82.5 Å². The van der Waals surface area contributed by atoms with Crippen molar-refractivity contribution in [2.24, 2.45) is 0 Å². The first-order valence-corrected chi connectivity index (χ1v) is 16.0. The van der Waals surface area contributed by atoms with Gasteiger partial charge in [0.2, 0.25) is 0 Å². The van der Waals surface area contributed by atoms with Crippen LogP contribution in [0.25, 0.3) is 27.3 Å². The minimum Gasteiger partial charge on any atom is -0.379 e. The Hall–Kier alpha value is -3.38. The summed E-state index contributed by atoms with van der Waals surface area (Å²) in [7, 11) is 1.88. The van der Waals surface area contributed by atoms with E-state index < -0.39 is 24.9 Å². The van der Waals surface area contributed by atoms with Gasteiger partial charge >= 0.3 is 6.18 Å². The van der Waals surface area contributed by atoms with Gasteiger partial charge in [0.25, 0.3) is 0 Å². The van der Waals surface area contributed by atoms with E-state index in [4.69, 9.17) is 0 Å². The van der Waals surface area contributed by atoms with Crippen molar-refractivity contribution in [1.82, 2.24) is 29.5 Å². The zero-order chi connectivity index (χ0) is 31.1. The van der Waals surface area contributed by atoms with Crippen molar-refractivity contribution in [3.63, 3.8) is 0 Å². The summed E-state index contributed by atoms with van der Waals surface area (Å²) < 4.78 is 59.7. The third kappa shape index (κ3) is 6.51. The Bertz CT molecular complexity index is 1610. The van der Waals surface area contributed by atoms with Crippen LogP contribution in [-0.2, 0) is 18.6 Å². The first-order valence-electron chi connectivity index (χ1n) is 15.2. The van der Waals surface area contributed by atoms with Gasteiger partial charge in [-0.1, -0.05) is 43.2 Å². The van der Waals surface area contributed by atoms with Crippen LogP contribution in [0.15, 0.2) is 49.3 Å². The number of nitrogens with zero attached hydrogens (tertiary/aromatic N) is 5. The Morgan fingerprint density at radius 2 is 1.95 bits per heavy atom. The molecule has 2 N–H and O–H groups in total. The van der Waals surface area contributed by atoms with Gasteiger partial charge in [0.1, 0.15) is 17.7 Å². The van der Waals surface area contributed by atoms with Gasteiger partial charge in [0.05, 0.1) is 23.8 Å². The molecule has 2 fully saturated rings. The number of likely N-dealkylation sites (tertiary alicyclic amines) is 1. The number of fused-ring (bicyclic) bond motifs is 1. The lowest BCUT2D eigenvalue weighted by Crippen LogP contribution is -2.46. The van der Waals surface area contributed by atoms with Gasteiger partial charge in [0, 0.05) is 53.4 Å². The molecule has 12 heteroatoms. The van der Waals surface area contributed by atoms with E-state index in [0.29, 0.717) is 51.8 Å². The summed E-state index contributed by atoms with van der Waals surface area (Å²) in [5.74, 6) is 0. The highest BCUT2D eigenvalue weighted by atomic mass is 32.1. The second-order valence-electron chi connectivity index (χ2n) is 12.5. The molecule has 0 radical (unpaired) electrons. The van der Waals surface area contributed by atoms with E-state index >= 15 is 0 Å². The van der Waals surface area contributed by atoms with Crippen molar-refractivity contribution >= 4 is 33.6 Å². The molecule has 2 unspecified atom stereocenters. The Morgan fingerprint density at radius 1 is 1.16 bits per heavy atom. The number of benzene rings is 1. The summed E-state index contributed by atoms with van der Waals surface area (Å²) in [5.41, 5.74) is 3.21. The van der Waals surface area contributed by atoms with Gasteiger partial charge in [-0.2, -0.15) is 13.2 Å². The van der Waals surface area contributed by atoms with Gasteiger partial charge in [-0.05, 0) is 57.5 Å². The van der Waals surface area contributed by atoms with Crippen molar-refractivity contribution in [3.8, 4) is 10.7 Å². The number of alkyl halides is 4. The average Bonchev–Trinajstić information content (AvgIpc) is 3.73. The lowest BCUT2D eigenvalue weighted by molar-refractivity contribution is -0.139. The number of hydrogen-bond donors (Lipinski definition) is 2. The van der Waals surface area contributed by atoms with E-state index in [1.54, 1.807) is 24.3 Å². The molecular formula is C32H39F4N7S. The van der Waals surface area contributed by atoms with Crippen LogP contribution in [0.2, 0.25) is 0 Å². The van der Waals surface area contributed by atoms with Crippen LogP contribution in [0, 0.1) is 0 Å². The molecule has 0 amide bonds. The molecule has 3 aromatic heterocycles. The highest BCUT2D eigenvalue weighted by molar-refractivity contribution is 7.14. The predicted molar refractivity (Wildman–Crippen MR) is 168 cm³/mol. The second-order valence-corrected chi connectivity index (χ2v) is 13.5. The van der Waals surface area contributed by atoms with Gasteiger partial charge in [-0.3, -0.25) is 0 Å². The molecular weight excluding hydrogens is 590 g/mol. The minimum absolute atomic E-state index is 0.121. The maximum Gasteiger partial charge on any atom is 0.406 e. The number of hydrogen-bond acceptors (Lipinski definition) is 6.